The van der Waals surface area contributed by atoms with Crippen molar-refractivity contribution in [3.8, 4) is 11.5 Å². The molecule has 33 heavy (non-hydrogen) atoms. The maximum absolute atomic E-state index is 5.99. The highest BCUT2D eigenvalue weighted by atomic mass is 16.5. The third-order valence-corrected chi connectivity index (χ3v) is 6.23. The molecule has 0 aliphatic carbocycles. The van der Waals surface area contributed by atoms with Gasteiger partial charge in [-0.05, 0) is 52.9 Å². The minimum Gasteiger partial charge on any atom is -0.489 e. The fourth-order valence-electron chi connectivity index (χ4n) is 4.28. The maximum atomic E-state index is 5.99. The van der Waals surface area contributed by atoms with Crippen molar-refractivity contribution < 1.29 is 9.47 Å². The molecule has 0 saturated heterocycles. The van der Waals surface area contributed by atoms with Crippen molar-refractivity contribution in [1.82, 2.24) is 0 Å². The molecule has 0 radical (unpaired) electrons. The van der Waals surface area contributed by atoms with E-state index in [2.05, 4.69) is 86.6 Å². The van der Waals surface area contributed by atoms with Gasteiger partial charge in [0.1, 0.15) is 24.7 Å². The molecule has 0 amide bonds. The van der Waals surface area contributed by atoms with Gasteiger partial charge in [0.2, 0.25) is 0 Å². The van der Waals surface area contributed by atoms with E-state index in [4.69, 9.17) is 9.47 Å². The minimum absolute atomic E-state index is 0.0648. The first-order valence-corrected chi connectivity index (χ1v) is 11.7. The molecule has 0 unspecified atom stereocenters. The van der Waals surface area contributed by atoms with E-state index < -0.39 is 0 Å². The van der Waals surface area contributed by atoms with E-state index in [0.717, 1.165) is 24.3 Å². The molecule has 0 spiro atoms. The Kier molecular flexibility index (Phi) is 7.47. The molecule has 0 N–H and O–H groups in total. The number of hydrogen-bond donors (Lipinski definition) is 0. The summed E-state index contributed by atoms with van der Waals surface area (Å²) in [6, 6.07) is 37.7. The molecule has 0 fully saturated rings. The van der Waals surface area contributed by atoms with Gasteiger partial charge in [-0.1, -0.05) is 105 Å². The SMILES string of the molecule is CCCC(C)(c1ccc(OCc2ccccc2)cc1)c1ccc(OCc2ccccc2)cc1. The Morgan fingerprint density at radius 1 is 0.545 bits per heavy atom. The molecule has 0 aliphatic heterocycles. The van der Waals surface area contributed by atoms with Gasteiger partial charge in [-0.15, -0.1) is 0 Å². The van der Waals surface area contributed by atoms with Crippen molar-refractivity contribution in [3.05, 3.63) is 131 Å². The molecule has 0 bridgehead atoms. The summed E-state index contributed by atoms with van der Waals surface area (Å²) in [7, 11) is 0. The lowest BCUT2D eigenvalue weighted by atomic mass is 9.73. The molecule has 2 nitrogen and oxygen atoms in total. The van der Waals surface area contributed by atoms with Gasteiger partial charge in [0, 0.05) is 5.41 Å². The Morgan fingerprint density at radius 2 is 0.939 bits per heavy atom. The number of benzene rings is 4. The molecule has 2 heteroatoms. The molecular weight excluding hydrogens is 404 g/mol. The molecule has 0 saturated carbocycles. The summed E-state index contributed by atoms with van der Waals surface area (Å²) in [4.78, 5) is 0. The van der Waals surface area contributed by atoms with Crippen LogP contribution in [0.15, 0.2) is 109 Å². The van der Waals surface area contributed by atoms with Crippen molar-refractivity contribution in [2.24, 2.45) is 0 Å². The summed E-state index contributed by atoms with van der Waals surface area (Å²) in [6.45, 7) is 5.73. The molecule has 4 rings (SSSR count). The molecule has 4 aromatic carbocycles. The molecular formula is C31H32O2. The van der Waals surface area contributed by atoms with Crippen molar-refractivity contribution >= 4 is 0 Å². The lowest BCUT2D eigenvalue weighted by Gasteiger charge is -2.31. The highest BCUT2D eigenvalue weighted by molar-refractivity contribution is 5.42. The van der Waals surface area contributed by atoms with Crippen molar-refractivity contribution in [2.75, 3.05) is 0 Å². The fourth-order valence-corrected chi connectivity index (χ4v) is 4.28. The van der Waals surface area contributed by atoms with Crippen LogP contribution in [0.4, 0.5) is 0 Å². The van der Waals surface area contributed by atoms with Crippen LogP contribution in [-0.4, -0.2) is 0 Å². The van der Waals surface area contributed by atoms with Gasteiger partial charge in [-0.2, -0.15) is 0 Å². The zero-order chi connectivity index (χ0) is 22.9. The maximum Gasteiger partial charge on any atom is 0.119 e. The monoisotopic (exact) mass is 436 g/mol. The summed E-state index contributed by atoms with van der Waals surface area (Å²) >= 11 is 0. The number of rotatable bonds is 10. The fraction of sp³-hybridized carbons (Fsp3) is 0.226. The molecule has 0 heterocycles. The van der Waals surface area contributed by atoms with Gasteiger partial charge < -0.3 is 9.47 Å². The summed E-state index contributed by atoms with van der Waals surface area (Å²) < 4.78 is 12.0. The van der Waals surface area contributed by atoms with E-state index in [0.29, 0.717) is 13.2 Å². The average Bonchev–Trinajstić information content (AvgIpc) is 2.88. The Bertz CT molecular complexity index is 1010. The summed E-state index contributed by atoms with van der Waals surface area (Å²) in [5.41, 5.74) is 4.88. The molecule has 0 aromatic heterocycles. The number of hydrogen-bond acceptors (Lipinski definition) is 2. The molecule has 0 atom stereocenters. The smallest absolute Gasteiger partial charge is 0.119 e. The Balaban J connectivity index is 1.45. The van der Waals surface area contributed by atoms with E-state index >= 15 is 0 Å². The summed E-state index contributed by atoms with van der Waals surface area (Å²) in [5.74, 6) is 1.79. The first kappa shape index (κ1) is 22.7. The van der Waals surface area contributed by atoms with Crippen LogP contribution in [0.25, 0.3) is 0 Å². The lowest BCUT2D eigenvalue weighted by Crippen LogP contribution is -2.23. The zero-order valence-corrected chi connectivity index (χ0v) is 19.5. The van der Waals surface area contributed by atoms with Gasteiger partial charge in [-0.25, -0.2) is 0 Å². The standard InChI is InChI=1S/C31H32O2/c1-3-22-31(2,27-14-18-29(19-15-27)32-23-25-10-6-4-7-11-25)28-16-20-30(21-17-28)33-24-26-12-8-5-9-13-26/h4-21H,3,22-24H2,1-2H3. The van der Waals surface area contributed by atoms with E-state index in [-0.39, 0.29) is 5.41 Å². The van der Waals surface area contributed by atoms with Crippen LogP contribution < -0.4 is 9.47 Å². The van der Waals surface area contributed by atoms with Gasteiger partial charge in [-0.3, -0.25) is 0 Å². The van der Waals surface area contributed by atoms with Gasteiger partial charge >= 0.3 is 0 Å². The van der Waals surface area contributed by atoms with Crippen molar-refractivity contribution in [3.63, 3.8) is 0 Å². The highest BCUT2D eigenvalue weighted by Crippen LogP contribution is 2.38. The second-order valence-corrected chi connectivity index (χ2v) is 8.68. The average molecular weight is 437 g/mol. The second kappa shape index (κ2) is 10.9. The predicted molar refractivity (Wildman–Crippen MR) is 136 cm³/mol. The normalized spacial score (nSPS) is 11.2. The van der Waals surface area contributed by atoms with Crippen LogP contribution in [0, 0.1) is 0 Å². The Morgan fingerprint density at radius 3 is 1.30 bits per heavy atom. The second-order valence-electron chi connectivity index (χ2n) is 8.68. The summed E-state index contributed by atoms with van der Waals surface area (Å²) in [6.07, 6.45) is 2.18. The summed E-state index contributed by atoms with van der Waals surface area (Å²) in [5, 5.41) is 0. The predicted octanol–water partition coefficient (Wildman–Crippen LogP) is 7.95. The molecule has 0 aliphatic rings. The van der Waals surface area contributed by atoms with Crippen LogP contribution in [0.3, 0.4) is 0 Å². The lowest BCUT2D eigenvalue weighted by molar-refractivity contribution is 0.305. The van der Waals surface area contributed by atoms with Gasteiger partial charge in [0.25, 0.3) is 0 Å². The van der Waals surface area contributed by atoms with Crippen LogP contribution >= 0.6 is 0 Å². The first-order chi connectivity index (χ1) is 16.2. The van der Waals surface area contributed by atoms with E-state index in [1.54, 1.807) is 0 Å². The highest BCUT2D eigenvalue weighted by Gasteiger charge is 2.28. The topological polar surface area (TPSA) is 18.5 Å². The largest absolute Gasteiger partial charge is 0.489 e. The Labute approximate surface area is 197 Å². The molecule has 168 valence electrons. The zero-order valence-electron chi connectivity index (χ0n) is 19.5. The van der Waals surface area contributed by atoms with Crippen LogP contribution in [0.5, 0.6) is 11.5 Å². The van der Waals surface area contributed by atoms with Crippen molar-refractivity contribution in [2.45, 2.75) is 45.3 Å². The van der Waals surface area contributed by atoms with Crippen LogP contribution in [0.2, 0.25) is 0 Å². The first-order valence-electron chi connectivity index (χ1n) is 11.7. The number of ether oxygens (including phenoxy) is 2. The third kappa shape index (κ3) is 5.84. The third-order valence-electron chi connectivity index (χ3n) is 6.23. The van der Waals surface area contributed by atoms with Crippen molar-refractivity contribution in [1.29, 1.82) is 0 Å². The minimum atomic E-state index is -0.0648. The van der Waals surface area contributed by atoms with E-state index in [1.165, 1.54) is 22.3 Å². The Hall–Kier alpha value is -3.52. The van der Waals surface area contributed by atoms with Crippen LogP contribution in [0.1, 0.15) is 48.9 Å². The van der Waals surface area contributed by atoms with E-state index in [1.807, 2.05) is 36.4 Å². The van der Waals surface area contributed by atoms with Gasteiger partial charge in [0.05, 0.1) is 0 Å². The van der Waals surface area contributed by atoms with E-state index in [9.17, 15) is 0 Å². The molecule has 4 aromatic rings. The van der Waals surface area contributed by atoms with Crippen LogP contribution in [-0.2, 0) is 18.6 Å². The van der Waals surface area contributed by atoms with Gasteiger partial charge in [0.15, 0.2) is 0 Å². The quantitative estimate of drug-likeness (QED) is 0.251.